The lowest BCUT2D eigenvalue weighted by atomic mass is 10.1. The summed E-state index contributed by atoms with van der Waals surface area (Å²) < 4.78 is 7.18. The van der Waals surface area contributed by atoms with Gasteiger partial charge in [0.1, 0.15) is 5.69 Å². The molecule has 0 atom stereocenters. The summed E-state index contributed by atoms with van der Waals surface area (Å²) in [4.78, 5) is 18.9. The quantitative estimate of drug-likeness (QED) is 0.451. The van der Waals surface area contributed by atoms with Crippen LogP contribution in [0.4, 0.5) is 0 Å². The summed E-state index contributed by atoms with van der Waals surface area (Å²) in [6.45, 7) is 5.16. The number of hydrogen-bond donors (Lipinski definition) is 1. The van der Waals surface area contributed by atoms with E-state index in [4.69, 9.17) is 9.84 Å². The fourth-order valence-electron chi connectivity index (χ4n) is 3.51. The number of benzene rings is 1. The standard InChI is InChI=1S/C24H27N5O2/c30-23(26-12-5-13-28-14-16-31-17-15-28)10-9-21-19-29(22-7-2-1-3-8-22)27-24(21)20-6-4-11-25-18-20/h1-4,6-11,18-19H,5,12-17H2,(H,26,30)/b10-9+. The highest BCUT2D eigenvalue weighted by Gasteiger charge is 2.12. The van der Waals surface area contributed by atoms with E-state index in [-0.39, 0.29) is 5.91 Å². The molecule has 1 aliphatic heterocycles. The molecule has 1 N–H and O–H groups in total. The number of carbonyl (C=O) groups is 1. The number of rotatable bonds is 8. The van der Waals surface area contributed by atoms with Crippen molar-refractivity contribution in [3.8, 4) is 16.9 Å². The van der Waals surface area contributed by atoms with Gasteiger partial charge in [0.2, 0.25) is 5.91 Å². The van der Waals surface area contributed by atoms with E-state index < -0.39 is 0 Å². The zero-order valence-corrected chi connectivity index (χ0v) is 17.5. The molecule has 7 nitrogen and oxygen atoms in total. The first-order valence-corrected chi connectivity index (χ1v) is 10.6. The lowest BCUT2D eigenvalue weighted by molar-refractivity contribution is -0.116. The fourth-order valence-corrected chi connectivity index (χ4v) is 3.51. The van der Waals surface area contributed by atoms with Crippen LogP contribution in [0.2, 0.25) is 0 Å². The molecule has 1 fully saturated rings. The first-order valence-electron chi connectivity index (χ1n) is 10.6. The third kappa shape index (κ3) is 5.87. The maximum Gasteiger partial charge on any atom is 0.244 e. The molecule has 3 heterocycles. The van der Waals surface area contributed by atoms with Crippen LogP contribution >= 0.6 is 0 Å². The predicted octanol–water partition coefficient (Wildman–Crippen LogP) is 2.79. The van der Waals surface area contributed by atoms with Gasteiger partial charge in [-0.25, -0.2) is 4.68 Å². The van der Waals surface area contributed by atoms with Crippen LogP contribution < -0.4 is 5.32 Å². The van der Waals surface area contributed by atoms with Crippen LogP contribution in [-0.2, 0) is 9.53 Å². The Labute approximate surface area is 182 Å². The van der Waals surface area contributed by atoms with Crippen molar-refractivity contribution in [2.45, 2.75) is 6.42 Å². The molecule has 160 valence electrons. The average Bonchev–Trinajstić information content (AvgIpc) is 3.27. The minimum atomic E-state index is -0.105. The molecule has 0 radical (unpaired) electrons. The molecular formula is C24H27N5O2. The van der Waals surface area contributed by atoms with Gasteiger partial charge in [0.15, 0.2) is 0 Å². The zero-order chi connectivity index (χ0) is 21.3. The lowest BCUT2D eigenvalue weighted by Crippen LogP contribution is -2.38. The Kier molecular flexibility index (Phi) is 7.20. The largest absolute Gasteiger partial charge is 0.379 e. The van der Waals surface area contributed by atoms with Crippen LogP contribution in [-0.4, -0.2) is 65.0 Å². The zero-order valence-electron chi connectivity index (χ0n) is 17.5. The molecule has 0 aliphatic carbocycles. The van der Waals surface area contributed by atoms with Crippen molar-refractivity contribution in [2.24, 2.45) is 0 Å². The molecule has 1 saturated heterocycles. The number of morpholine rings is 1. The molecule has 0 spiro atoms. The highest BCUT2D eigenvalue weighted by Crippen LogP contribution is 2.24. The summed E-state index contributed by atoms with van der Waals surface area (Å²) in [7, 11) is 0. The van der Waals surface area contributed by atoms with Crippen molar-refractivity contribution in [3.05, 3.63) is 72.7 Å². The Bertz CT molecular complexity index is 995. The number of nitrogens with zero attached hydrogens (tertiary/aromatic N) is 4. The van der Waals surface area contributed by atoms with Crippen LogP contribution in [0.5, 0.6) is 0 Å². The molecular weight excluding hydrogens is 390 g/mol. The minimum Gasteiger partial charge on any atom is -0.379 e. The van der Waals surface area contributed by atoms with Gasteiger partial charge >= 0.3 is 0 Å². The van der Waals surface area contributed by atoms with Gasteiger partial charge in [0, 0.05) is 55.4 Å². The predicted molar refractivity (Wildman–Crippen MR) is 121 cm³/mol. The van der Waals surface area contributed by atoms with E-state index in [2.05, 4.69) is 15.2 Å². The second-order valence-electron chi connectivity index (χ2n) is 7.39. The molecule has 31 heavy (non-hydrogen) atoms. The maximum atomic E-state index is 12.3. The third-order valence-corrected chi connectivity index (χ3v) is 5.17. The topological polar surface area (TPSA) is 72.3 Å². The third-order valence-electron chi connectivity index (χ3n) is 5.17. The van der Waals surface area contributed by atoms with Crippen molar-refractivity contribution in [3.63, 3.8) is 0 Å². The number of amides is 1. The Morgan fingerprint density at radius 2 is 1.97 bits per heavy atom. The highest BCUT2D eigenvalue weighted by atomic mass is 16.5. The smallest absolute Gasteiger partial charge is 0.244 e. The number of pyridine rings is 1. The SMILES string of the molecule is O=C(/C=C/c1cn(-c2ccccc2)nc1-c1cccnc1)NCCCN1CCOCC1. The Morgan fingerprint density at radius 3 is 2.74 bits per heavy atom. The molecule has 0 bridgehead atoms. The van der Waals surface area contributed by atoms with Gasteiger partial charge in [0.25, 0.3) is 0 Å². The number of hydrogen-bond acceptors (Lipinski definition) is 5. The number of para-hydroxylation sites is 1. The number of nitrogens with one attached hydrogen (secondary N) is 1. The second kappa shape index (κ2) is 10.7. The Morgan fingerprint density at radius 1 is 1.13 bits per heavy atom. The molecule has 2 aromatic heterocycles. The van der Waals surface area contributed by atoms with E-state index in [1.54, 1.807) is 18.5 Å². The lowest BCUT2D eigenvalue weighted by Gasteiger charge is -2.26. The molecule has 0 saturated carbocycles. The van der Waals surface area contributed by atoms with Crippen LogP contribution in [0.25, 0.3) is 23.0 Å². The summed E-state index contributed by atoms with van der Waals surface area (Å²) in [5, 5.41) is 7.70. The molecule has 1 aromatic carbocycles. The van der Waals surface area contributed by atoms with Crippen LogP contribution in [0.15, 0.2) is 67.1 Å². The van der Waals surface area contributed by atoms with Crippen LogP contribution in [0.3, 0.4) is 0 Å². The van der Waals surface area contributed by atoms with Crippen molar-refractivity contribution in [2.75, 3.05) is 39.4 Å². The van der Waals surface area contributed by atoms with E-state index in [0.717, 1.165) is 61.8 Å². The monoisotopic (exact) mass is 417 g/mol. The van der Waals surface area contributed by atoms with Crippen molar-refractivity contribution >= 4 is 12.0 Å². The van der Waals surface area contributed by atoms with Gasteiger partial charge in [-0.05, 0) is 43.3 Å². The van der Waals surface area contributed by atoms with Gasteiger partial charge < -0.3 is 10.1 Å². The van der Waals surface area contributed by atoms with E-state index in [0.29, 0.717) is 6.54 Å². The molecule has 1 aliphatic rings. The van der Waals surface area contributed by atoms with E-state index >= 15 is 0 Å². The normalized spacial score (nSPS) is 14.7. The summed E-state index contributed by atoms with van der Waals surface area (Å²) in [5.74, 6) is -0.105. The number of carbonyl (C=O) groups excluding carboxylic acids is 1. The molecule has 7 heteroatoms. The van der Waals surface area contributed by atoms with Gasteiger partial charge in [-0.2, -0.15) is 5.10 Å². The number of ether oxygens (including phenoxy) is 1. The molecule has 1 amide bonds. The number of aromatic nitrogens is 3. The molecule has 3 aromatic rings. The van der Waals surface area contributed by atoms with E-state index in [1.807, 2.05) is 59.4 Å². The maximum absolute atomic E-state index is 12.3. The summed E-state index contributed by atoms with van der Waals surface area (Å²) in [6, 6.07) is 13.8. The van der Waals surface area contributed by atoms with Crippen LogP contribution in [0, 0.1) is 0 Å². The minimum absolute atomic E-state index is 0.105. The van der Waals surface area contributed by atoms with Gasteiger partial charge in [-0.3, -0.25) is 14.7 Å². The van der Waals surface area contributed by atoms with Crippen LogP contribution in [0.1, 0.15) is 12.0 Å². The van der Waals surface area contributed by atoms with E-state index in [1.165, 1.54) is 0 Å². The highest BCUT2D eigenvalue weighted by molar-refractivity contribution is 5.92. The first kappa shape index (κ1) is 21.0. The van der Waals surface area contributed by atoms with Crippen molar-refractivity contribution in [1.82, 2.24) is 25.0 Å². The molecule has 4 rings (SSSR count). The van der Waals surface area contributed by atoms with Gasteiger partial charge in [-0.1, -0.05) is 18.2 Å². The summed E-state index contributed by atoms with van der Waals surface area (Å²) in [5.41, 5.74) is 3.51. The molecule has 0 unspecified atom stereocenters. The average molecular weight is 418 g/mol. The Hall–Kier alpha value is -3.29. The van der Waals surface area contributed by atoms with Crippen molar-refractivity contribution < 1.29 is 9.53 Å². The summed E-state index contributed by atoms with van der Waals surface area (Å²) in [6.07, 6.45) is 9.75. The first-order chi connectivity index (χ1) is 15.3. The fraction of sp³-hybridized carbons (Fsp3) is 0.292. The second-order valence-corrected chi connectivity index (χ2v) is 7.39. The van der Waals surface area contributed by atoms with Gasteiger partial charge in [-0.15, -0.1) is 0 Å². The van der Waals surface area contributed by atoms with Gasteiger partial charge in [0.05, 0.1) is 18.9 Å². The Balaban J connectivity index is 1.41. The summed E-state index contributed by atoms with van der Waals surface area (Å²) >= 11 is 0. The van der Waals surface area contributed by atoms with E-state index in [9.17, 15) is 4.79 Å². The van der Waals surface area contributed by atoms with Crippen molar-refractivity contribution in [1.29, 1.82) is 0 Å².